The lowest BCUT2D eigenvalue weighted by Gasteiger charge is -2.32. The first kappa shape index (κ1) is 22.0. The summed E-state index contributed by atoms with van der Waals surface area (Å²) in [4.78, 5) is 0. The number of hydrogen-bond donors (Lipinski definition) is 0. The zero-order valence-corrected chi connectivity index (χ0v) is 18.6. The van der Waals surface area contributed by atoms with Crippen LogP contribution in [0.15, 0.2) is 10.9 Å². The molecule has 0 atom stereocenters. The predicted octanol–water partition coefficient (Wildman–Crippen LogP) is 5.15. The van der Waals surface area contributed by atoms with Crippen molar-refractivity contribution in [2.45, 2.75) is 117 Å². The molecule has 0 aromatic carbocycles. The van der Waals surface area contributed by atoms with Crippen LogP contribution in [0, 0.1) is 0 Å². The summed E-state index contributed by atoms with van der Waals surface area (Å²) in [7, 11) is -0.666. The van der Waals surface area contributed by atoms with Crippen LogP contribution in [0.5, 0.6) is 0 Å². The molecule has 0 amide bonds. The van der Waals surface area contributed by atoms with Gasteiger partial charge in [0.1, 0.15) is 0 Å². The number of rotatable bonds is 6. The van der Waals surface area contributed by atoms with Crippen LogP contribution in [-0.2, 0) is 18.6 Å². The van der Waals surface area contributed by atoms with Crippen molar-refractivity contribution in [3.8, 4) is 0 Å². The van der Waals surface area contributed by atoms with Crippen molar-refractivity contribution in [2.24, 2.45) is 0 Å². The van der Waals surface area contributed by atoms with Crippen molar-refractivity contribution in [2.75, 3.05) is 0 Å². The van der Waals surface area contributed by atoms with Crippen LogP contribution in [0.4, 0.5) is 0 Å². The van der Waals surface area contributed by atoms with Crippen LogP contribution in [0.1, 0.15) is 94.9 Å². The summed E-state index contributed by atoms with van der Waals surface area (Å²) < 4.78 is 25.5. The number of hydrogen-bond acceptors (Lipinski definition) is 4. The molecule has 2 rings (SSSR count). The fourth-order valence-corrected chi connectivity index (χ4v) is 3.37. The number of allylic oxidation sites excluding steroid dienone is 2. The molecule has 0 aliphatic carbocycles. The Morgan fingerprint density at radius 2 is 0.769 bits per heavy atom. The highest BCUT2D eigenvalue weighted by Gasteiger charge is 2.56. The van der Waals surface area contributed by atoms with Crippen molar-refractivity contribution >= 4 is 14.2 Å². The maximum absolute atomic E-state index is 6.38. The topological polar surface area (TPSA) is 36.9 Å². The van der Waals surface area contributed by atoms with E-state index in [-0.39, 0.29) is 36.6 Å². The van der Waals surface area contributed by atoms with Crippen molar-refractivity contribution < 1.29 is 18.6 Å². The molecule has 2 fully saturated rings. The lowest BCUT2D eigenvalue weighted by Crippen LogP contribution is -2.41. The molecule has 2 aliphatic heterocycles. The molecule has 26 heavy (non-hydrogen) atoms. The minimum absolute atomic E-state index is 0.333. The molecule has 0 radical (unpaired) electrons. The molecule has 6 heteroatoms. The van der Waals surface area contributed by atoms with Gasteiger partial charge >= 0.3 is 14.2 Å². The van der Waals surface area contributed by atoms with Gasteiger partial charge in [-0.1, -0.05) is 26.7 Å². The second kappa shape index (κ2) is 7.27. The molecule has 4 nitrogen and oxygen atoms in total. The van der Waals surface area contributed by atoms with E-state index in [1.54, 1.807) is 0 Å². The first-order chi connectivity index (χ1) is 11.8. The SMILES string of the molecule is CCC/C(B1OC(C)(C)C(C)(C)O1)=C(/CCC)B1OC(C)(C)C(C)(C)O1. The van der Waals surface area contributed by atoms with E-state index in [1.807, 2.05) is 0 Å². The van der Waals surface area contributed by atoms with Crippen molar-refractivity contribution in [3.05, 3.63) is 10.9 Å². The van der Waals surface area contributed by atoms with Crippen LogP contribution in [-0.4, -0.2) is 36.6 Å². The second-order valence-corrected chi connectivity index (χ2v) is 9.73. The first-order valence-corrected chi connectivity index (χ1v) is 10.2. The summed E-state index contributed by atoms with van der Waals surface area (Å²) in [5.41, 5.74) is 1.03. The minimum Gasteiger partial charge on any atom is -0.400 e. The normalized spacial score (nSPS) is 27.0. The van der Waals surface area contributed by atoms with Crippen molar-refractivity contribution in [1.82, 2.24) is 0 Å². The third-order valence-corrected chi connectivity index (χ3v) is 6.53. The lowest BCUT2D eigenvalue weighted by molar-refractivity contribution is 0.00578. The van der Waals surface area contributed by atoms with E-state index < -0.39 is 0 Å². The summed E-state index contributed by atoms with van der Waals surface area (Å²) in [6, 6.07) is 0. The Morgan fingerprint density at radius 1 is 0.538 bits per heavy atom. The van der Waals surface area contributed by atoms with Gasteiger partial charge in [0.15, 0.2) is 0 Å². The van der Waals surface area contributed by atoms with Gasteiger partial charge in [0.05, 0.1) is 22.4 Å². The Kier molecular flexibility index (Phi) is 6.15. The molecule has 0 unspecified atom stereocenters. The Labute approximate surface area is 161 Å². The Bertz CT molecular complexity index is 472. The molecule has 0 saturated carbocycles. The van der Waals surface area contributed by atoms with E-state index in [2.05, 4.69) is 69.2 Å². The minimum atomic E-state index is -0.343. The van der Waals surface area contributed by atoms with Crippen LogP contribution in [0.2, 0.25) is 0 Å². The molecule has 0 bridgehead atoms. The fourth-order valence-electron chi connectivity index (χ4n) is 3.37. The zero-order chi connectivity index (χ0) is 20.0. The highest BCUT2D eigenvalue weighted by atomic mass is 16.7. The average molecular weight is 364 g/mol. The van der Waals surface area contributed by atoms with Gasteiger partial charge in [-0.25, -0.2) is 0 Å². The first-order valence-electron chi connectivity index (χ1n) is 10.2. The average Bonchev–Trinajstić information content (AvgIpc) is 2.82. The van der Waals surface area contributed by atoms with E-state index in [0.29, 0.717) is 0 Å². The van der Waals surface area contributed by atoms with Crippen LogP contribution in [0.3, 0.4) is 0 Å². The van der Waals surface area contributed by atoms with Gasteiger partial charge in [0, 0.05) is 0 Å². The Morgan fingerprint density at radius 3 is 0.962 bits per heavy atom. The summed E-state index contributed by atoms with van der Waals surface area (Å²) in [5.74, 6) is 0. The molecule has 0 N–H and O–H groups in total. The highest BCUT2D eigenvalue weighted by Crippen LogP contribution is 2.43. The standard InChI is InChI=1S/C20H38B2O4/c1-11-13-15(21-23-17(3,4)18(5,6)24-21)16(14-12-2)22-25-19(7,8)20(9,10)26-22/h11-14H2,1-10H3/b16-15+. The van der Waals surface area contributed by atoms with Crippen LogP contribution >= 0.6 is 0 Å². The van der Waals surface area contributed by atoms with Gasteiger partial charge < -0.3 is 18.6 Å². The monoisotopic (exact) mass is 364 g/mol. The summed E-state index contributed by atoms with van der Waals surface area (Å²) >= 11 is 0. The summed E-state index contributed by atoms with van der Waals surface area (Å²) in [6.45, 7) is 21.2. The van der Waals surface area contributed by atoms with Crippen molar-refractivity contribution in [3.63, 3.8) is 0 Å². The van der Waals surface area contributed by atoms with Gasteiger partial charge in [0.25, 0.3) is 0 Å². The van der Waals surface area contributed by atoms with E-state index >= 15 is 0 Å². The maximum Gasteiger partial charge on any atom is 0.489 e. The van der Waals surface area contributed by atoms with Crippen LogP contribution in [0.25, 0.3) is 0 Å². The smallest absolute Gasteiger partial charge is 0.400 e. The largest absolute Gasteiger partial charge is 0.489 e. The van der Waals surface area contributed by atoms with Crippen molar-refractivity contribution in [1.29, 1.82) is 0 Å². The fraction of sp³-hybridized carbons (Fsp3) is 0.900. The molecular formula is C20H38B2O4. The van der Waals surface area contributed by atoms with Gasteiger partial charge in [-0.3, -0.25) is 0 Å². The van der Waals surface area contributed by atoms with Gasteiger partial charge in [-0.2, -0.15) is 0 Å². The molecular weight excluding hydrogens is 326 g/mol. The van der Waals surface area contributed by atoms with Gasteiger partial charge in [-0.15, -0.1) is 0 Å². The highest BCUT2D eigenvalue weighted by molar-refractivity contribution is 6.62. The van der Waals surface area contributed by atoms with E-state index in [1.165, 1.54) is 10.9 Å². The zero-order valence-electron chi connectivity index (χ0n) is 18.6. The molecule has 0 aromatic rings. The molecule has 0 aromatic heterocycles. The molecule has 2 saturated heterocycles. The molecule has 148 valence electrons. The third-order valence-electron chi connectivity index (χ3n) is 6.53. The molecule has 2 aliphatic rings. The quantitative estimate of drug-likeness (QED) is 0.611. The molecule has 0 spiro atoms. The van der Waals surface area contributed by atoms with E-state index in [4.69, 9.17) is 18.6 Å². The van der Waals surface area contributed by atoms with Crippen LogP contribution < -0.4 is 0 Å². The second-order valence-electron chi connectivity index (χ2n) is 9.73. The summed E-state index contributed by atoms with van der Waals surface area (Å²) in [5, 5.41) is 0. The Balaban J connectivity index is 2.43. The van der Waals surface area contributed by atoms with E-state index in [0.717, 1.165) is 25.7 Å². The lowest BCUT2D eigenvalue weighted by atomic mass is 9.62. The van der Waals surface area contributed by atoms with Gasteiger partial charge in [0.2, 0.25) is 0 Å². The van der Waals surface area contributed by atoms with E-state index in [9.17, 15) is 0 Å². The molecule has 2 heterocycles. The third kappa shape index (κ3) is 3.94. The summed E-state index contributed by atoms with van der Waals surface area (Å²) in [6.07, 6.45) is 3.92. The van der Waals surface area contributed by atoms with Gasteiger partial charge in [-0.05, 0) is 79.2 Å². The maximum atomic E-state index is 6.38. The predicted molar refractivity (Wildman–Crippen MR) is 109 cm³/mol. The Hall–Kier alpha value is -0.290.